The van der Waals surface area contributed by atoms with Gasteiger partial charge in [0.05, 0.1) is 0 Å². The lowest BCUT2D eigenvalue weighted by Gasteiger charge is -2.32. The first-order chi connectivity index (χ1) is 10.1. The summed E-state index contributed by atoms with van der Waals surface area (Å²) in [5, 5.41) is 3.11. The Morgan fingerprint density at radius 1 is 1.14 bits per heavy atom. The van der Waals surface area contributed by atoms with Gasteiger partial charge in [0.25, 0.3) is 5.91 Å². The van der Waals surface area contributed by atoms with Crippen molar-refractivity contribution in [3.8, 4) is 0 Å². The average Bonchev–Trinajstić information content (AvgIpc) is 3.27. The van der Waals surface area contributed by atoms with E-state index in [-0.39, 0.29) is 23.8 Å². The van der Waals surface area contributed by atoms with Crippen LogP contribution in [0.3, 0.4) is 0 Å². The summed E-state index contributed by atoms with van der Waals surface area (Å²) < 4.78 is 1.93. The lowest BCUT2D eigenvalue weighted by atomic mass is 10.0. The molecule has 0 atom stereocenters. The zero-order valence-electron chi connectivity index (χ0n) is 12.8. The van der Waals surface area contributed by atoms with Gasteiger partial charge in [-0.2, -0.15) is 0 Å². The molecule has 3 rings (SSSR count). The molecular formula is C16H23N3O2. The van der Waals surface area contributed by atoms with Crippen molar-refractivity contribution in [3.05, 3.63) is 23.5 Å². The lowest BCUT2D eigenvalue weighted by Crippen LogP contribution is -2.47. The molecule has 1 aromatic rings. The van der Waals surface area contributed by atoms with Crippen LogP contribution in [0.2, 0.25) is 0 Å². The third kappa shape index (κ3) is 2.96. The second-order valence-corrected chi connectivity index (χ2v) is 6.27. The van der Waals surface area contributed by atoms with Crippen molar-refractivity contribution in [2.24, 2.45) is 13.0 Å². The highest BCUT2D eigenvalue weighted by molar-refractivity contribution is 5.93. The van der Waals surface area contributed by atoms with Gasteiger partial charge in [0.15, 0.2) is 0 Å². The topological polar surface area (TPSA) is 54.3 Å². The van der Waals surface area contributed by atoms with Crippen LogP contribution in [0.5, 0.6) is 0 Å². The van der Waals surface area contributed by atoms with Crippen molar-refractivity contribution in [2.75, 3.05) is 13.1 Å². The molecule has 1 N–H and O–H groups in total. The van der Waals surface area contributed by atoms with Gasteiger partial charge in [0.2, 0.25) is 5.91 Å². The minimum Gasteiger partial charge on any atom is -0.353 e. The monoisotopic (exact) mass is 289 g/mol. The summed E-state index contributed by atoms with van der Waals surface area (Å²) in [7, 11) is 1.92. The molecule has 0 radical (unpaired) electrons. The Morgan fingerprint density at radius 3 is 2.33 bits per heavy atom. The van der Waals surface area contributed by atoms with Gasteiger partial charge in [-0.25, -0.2) is 0 Å². The molecule has 0 bridgehead atoms. The van der Waals surface area contributed by atoms with Crippen LogP contribution in [-0.4, -0.2) is 40.4 Å². The molecule has 5 nitrogen and oxygen atoms in total. The number of rotatable bonds is 3. The van der Waals surface area contributed by atoms with E-state index in [4.69, 9.17) is 0 Å². The molecule has 2 amide bonds. The molecule has 1 aliphatic carbocycles. The van der Waals surface area contributed by atoms with Crippen molar-refractivity contribution in [1.82, 2.24) is 14.8 Å². The van der Waals surface area contributed by atoms with E-state index in [1.54, 1.807) is 0 Å². The van der Waals surface area contributed by atoms with Crippen LogP contribution in [0.1, 0.15) is 41.9 Å². The van der Waals surface area contributed by atoms with Crippen molar-refractivity contribution >= 4 is 11.8 Å². The zero-order chi connectivity index (χ0) is 15.0. The molecule has 21 heavy (non-hydrogen) atoms. The lowest BCUT2D eigenvalue weighted by molar-refractivity contribution is -0.123. The number of aryl methyl sites for hydroxylation is 1. The molecular weight excluding hydrogens is 266 g/mol. The number of piperidine rings is 1. The van der Waals surface area contributed by atoms with Crippen LogP contribution in [0.4, 0.5) is 0 Å². The van der Waals surface area contributed by atoms with Crippen molar-refractivity contribution in [2.45, 2.75) is 38.6 Å². The van der Waals surface area contributed by atoms with Crippen LogP contribution in [0.25, 0.3) is 0 Å². The highest BCUT2D eigenvalue weighted by Gasteiger charge is 2.32. The summed E-state index contributed by atoms with van der Waals surface area (Å²) in [6.45, 7) is 3.44. The molecule has 1 saturated heterocycles. The van der Waals surface area contributed by atoms with E-state index in [1.165, 1.54) is 0 Å². The minimum atomic E-state index is 0.0950. The maximum absolute atomic E-state index is 12.5. The molecule has 1 aliphatic heterocycles. The molecule has 0 spiro atoms. The number of hydrogen-bond donors (Lipinski definition) is 1. The number of likely N-dealkylation sites (tertiary alicyclic amines) is 1. The predicted octanol–water partition coefficient (Wildman–Crippen LogP) is 1.46. The zero-order valence-corrected chi connectivity index (χ0v) is 12.8. The van der Waals surface area contributed by atoms with Crippen LogP contribution < -0.4 is 5.32 Å². The first-order valence-electron chi connectivity index (χ1n) is 7.78. The Morgan fingerprint density at radius 2 is 1.81 bits per heavy atom. The number of amides is 2. The van der Waals surface area contributed by atoms with Crippen molar-refractivity contribution in [3.63, 3.8) is 0 Å². The Labute approximate surface area is 125 Å². The van der Waals surface area contributed by atoms with Crippen LogP contribution in [-0.2, 0) is 11.8 Å². The highest BCUT2D eigenvalue weighted by atomic mass is 16.2. The summed E-state index contributed by atoms with van der Waals surface area (Å²) in [6, 6.07) is 4.09. The average molecular weight is 289 g/mol. The van der Waals surface area contributed by atoms with Gasteiger partial charge in [0.1, 0.15) is 5.69 Å². The predicted molar refractivity (Wildman–Crippen MR) is 79.9 cm³/mol. The minimum absolute atomic E-state index is 0.0950. The Hall–Kier alpha value is -1.78. The molecule has 114 valence electrons. The fourth-order valence-electron chi connectivity index (χ4n) is 2.88. The van der Waals surface area contributed by atoms with Crippen LogP contribution in [0.15, 0.2) is 12.1 Å². The Kier molecular flexibility index (Phi) is 3.74. The van der Waals surface area contributed by atoms with Crippen LogP contribution >= 0.6 is 0 Å². The maximum atomic E-state index is 12.5. The van der Waals surface area contributed by atoms with E-state index in [0.29, 0.717) is 0 Å². The molecule has 1 aromatic heterocycles. The molecule has 2 fully saturated rings. The van der Waals surface area contributed by atoms with E-state index in [0.717, 1.165) is 50.2 Å². The van der Waals surface area contributed by atoms with Gasteiger partial charge in [-0.3, -0.25) is 9.59 Å². The first-order valence-corrected chi connectivity index (χ1v) is 7.78. The van der Waals surface area contributed by atoms with Gasteiger partial charge >= 0.3 is 0 Å². The number of aromatic nitrogens is 1. The van der Waals surface area contributed by atoms with E-state index >= 15 is 0 Å². The van der Waals surface area contributed by atoms with E-state index in [1.807, 2.05) is 35.6 Å². The molecule has 1 saturated carbocycles. The first kappa shape index (κ1) is 14.2. The second kappa shape index (κ2) is 5.54. The van der Waals surface area contributed by atoms with Crippen molar-refractivity contribution < 1.29 is 9.59 Å². The Bertz CT molecular complexity index is 552. The number of nitrogens with zero attached hydrogens (tertiary/aromatic N) is 2. The third-order valence-electron chi connectivity index (χ3n) is 4.67. The van der Waals surface area contributed by atoms with Gasteiger partial charge in [-0.1, -0.05) is 0 Å². The van der Waals surface area contributed by atoms with E-state index < -0.39 is 0 Å². The van der Waals surface area contributed by atoms with Crippen LogP contribution in [0, 0.1) is 12.8 Å². The summed E-state index contributed by atoms with van der Waals surface area (Å²) in [6.07, 6.45) is 3.78. The summed E-state index contributed by atoms with van der Waals surface area (Å²) in [5.41, 5.74) is 1.83. The smallest absolute Gasteiger partial charge is 0.270 e. The van der Waals surface area contributed by atoms with E-state index in [9.17, 15) is 9.59 Å². The number of carbonyl (C=O) groups excluding carboxylic acids is 2. The van der Waals surface area contributed by atoms with Gasteiger partial charge in [-0.15, -0.1) is 0 Å². The number of carbonyl (C=O) groups is 2. The molecule has 5 heteroatoms. The molecule has 2 aliphatic rings. The van der Waals surface area contributed by atoms with E-state index in [2.05, 4.69) is 5.32 Å². The Balaban J connectivity index is 1.54. The van der Waals surface area contributed by atoms with Gasteiger partial charge < -0.3 is 14.8 Å². The normalized spacial score (nSPS) is 19.6. The molecule has 2 heterocycles. The summed E-state index contributed by atoms with van der Waals surface area (Å²) in [4.78, 5) is 26.2. The summed E-state index contributed by atoms with van der Waals surface area (Å²) in [5.74, 6) is 0.561. The fraction of sp³-hybridized carbons (Fsp3) is 0.625. The van der Waals surface area contributed by atoms with Gasteiger partial charge in [0, 0.05) is 37.8 Å². The SMILES string of the molecule is Cc1ccc(C(=O)N2CCC(NC(=O)C3CC3)CC2)n1C. The molecule has 0 aromatic carbocycles. The molecule has 0 unspecified atom stereocenters. The van der Waals surface area contributed by atoms with Gasteiger partial charge in [-0.05, 0) is 44.7 Å². The third-order valence-corrected chi connectivity index (χ3v) is 4.67. The highest BCUT2D eigenvalue weighted by Crippen LogP contribution is 2.29. The van der Waals surface area contributed by atoms with Crippen molar-refractivity contribution in [1.29, 1.82) is 0 Å². The number of hydrogen-bond acceptors (Lipinski definition) is 2. The maximum Gasteiger partial charge on any atom is 0.270 e. The quantitative estimate of drug-likeness (QED) is 0.916. The number of nitrogens with one attached hydrogen (secondary N) is 1. The standard InChI is InChI=1S/C16H23N3O2/c1-11-3-6-14(18(11)2)16(21)19-9-7-13(8-10-19)17-15(20)12-4-5-12/h3,6,12-13H,4-5,7-10H2,1-2H3,(H,17,20). The second-order valence-electron chi connectivity index (χ2n) is 6.27. The fourth-order valence-corrected chi connectivity index (χ4v) is 2.88. The largest absolute Gasteiger partial charge is 0.353 e. The summed E-state index contributed by atoms with van der Waals surface area (Å²) >= 11 is 0.